The second-order valence-electron chi connectivity index (χ2n) is 5.28. The number of amides is 1. The summed E-state index contributed by atoms with van der Waals surface area (Å²) in [6.45, 7) is 3.60. The molecule has 1 amide bonds. The van der Waals surface area contributed by atoms with Crippen molar-refractivity contribution >= 4 is 5.91 Å². The molecule has 1 aromatic rings. The first-order valence-electron chi connectivity index (χ1n) is 7.18. The summed E-state index contributed by atoms with van der Waals surface area (Å²) in [6, 6.07) is -0.0138. The average molecular weight is 264 g/mol. The molecule has 2 heterocycles. The summed E-state index contributed by atoms with van der Waals surface area (Å²) in [7, 11) is 2.03. The van der Waals surface area contributed by atoms with Gasteiger partial charge >= 0.3 is 0 Å². The Hall–Kier alpha value is -1.36. The number of nitrogens with zero attached hydrogens (tertiary/aromatic N) is 2. The van der Waals surface area contributed by atoms with Gasteiger partial charge in [0.05, 0.1) is 6.04 Å². The van der Waals surface area contributed by atoms with Gasteiger partial charge in [-0.1, -0.05) is 0 Å². The number of imidazole rings is 1. The van der Waals surface area contributed by atoms with Crippen molar-refractivity contribution in [3.8, 4) is 0 Å². The fourth-order valence-electron chi connectivity index (χ4n) is 2.73. The summed E-state index contributed by atoms with van der Waals surface area (Å²) >= 11 is 0. The molecule has 0 aromatic carbocycles. The van der Waals surface area contributed by atoms with E-state index in [0.29, 0.717) is 12.5 Å². The number of carbonyl (C=O) groups is 1. The van der Waals surface area contributed by atoms with Crippen molar-refractivity contribution in [2.75, 3.05) is 13.1 Å². The van der Waals surface area contributed by atoms with Crippen LogP contribution >= 0.6 is 0 Å². The second kappa shape index (κ2) is 6.70. The van der Waals surface area contributed by atoms with Crippen molar-refractivity contribution in [2.24, 2.45) is 13.0 Å². The molecule has 2 unspecified atom stereocenters. The van der Waals surface area contributed by atoms with Crippen LogP contribution < -0.4 is 10.6 Å². The van der Waals surface area contributed by atoms with E-state index in [1.54, 1.807) is 0 Å². The van der Waals surface area contributed by atoms with Gasteiger partial charge in [0.2, 0.25) is 5.91 Å². The van der Waals surface area contributed by atoms with Gasteiger partial charge in [-0.05, 0) is 38.6 Å². The van der Waals surface area contributed by atoms with Gasteiger partial charge in [-0.15, -0.1) is 0 Å². The van der Waals surface area contributed by atoms with Crippen molar-refractivity contribution in [3.63, 3.8) is 0 Å². The number of likely N-dealkylation sites (N-methyl/N-ethyl adjacent to an activating group) is 1. The SMILES string of the molecule is CCNC(=O)C1CC(CCc2nccn2C)CCN1. The van der Waals surface area contributed by atoms with Crippen molar-refractivity contribution in [3.05, 3.63) is 18.2 Å². The topological polar surface area (TPSA) is 59.0 Å². The minimum Gasteiger partial charge on any atom is -0.355 e. The lowest BCUT2D eigenvalue weighted by molar-refractivity contribution is -0.124. The third-order valence-corrected chi connectivity index (χ3v) is 3.88. The number of nitrogens with one attached hydrogen (secondary N) is 2. The van der Waals surface area contributed by atoms with Crippen LogP contribution in [0, 0.1) is 5.92 Å². The quantitative estimate of drug-likeness (QED) is 0.829. The highest BCUT2D eigenvalue weighted by Crippen LogP contribution is 2.21. The Balaban J connectivity index is 1.81. The minimum absolute atomic E-state index is 0.0138. The Morgan fingerprint density at radius 2 is 2.47 bits per heavy atom. The highest BCUT2D eigenvalue weighted by molar-refractivity contribution is 5.81. The van der Waals surface area contributed by atoms with E-state index in [4.69, 9.17) is 0 Å². The molecule has 2 rings (SSSR count). The van der Waals surface area contributed by atoms with E-state index in [1.807, 2.05) is 26.4 Å². The van der Waals surface area contributed by atoms with E-state index in [2.05, 4.69) is 20.2 Å². The van der Waals surface area contributed by atoms with E-state index in [0.717, 1.165) is 38.1 Å². The molecular formula is C14H24N4O. The van der Waals surface area contributed by atoms with Gasteiger partial charge in [-0.2, -0.15) is 0 Å². The maximum atomic E-state index is 11.8. The maximum Gasteiger partial charge on any atom is 0.237 e. The number of hydrogen-bond donors (Lipinski definition) is 2. The molecular weight excluding hydrogens is 240 g/mol. The lowest BCUT2D eigenvalue weighted by atomic mass is 9.88. The van der Waals surface area contributed by atoms with E-state index < -0.39 is 0 Å². The molecule has 0 aliphatic carbocycles. The van der Waals surface area contributed by atoms with Gasteiger partial charge in [0.1, 0.15) is 5.82 Å². The van der Waals surface area contributed by atoms with Crippen LogP contribution in [0.2, 0.25) is 0 Å². The molecule has 5 heteroatoms. The van der Waals surface area contributed by atoms with Crippen LogP contribution in [0.25, 0.3) is 0 Å². The zero-order valence-corrected chi connectivity index (χ0v) is 11.9. The summed E-state index contributed by atoms with van der Waals surface area (Å²) in [5.41, 5.74) is 0. The largest absolute Gasteiger partial charge is 0.355 e. The third kappa shape index (κ3) is 3.80. The zero-order valence-electron chi connectivity index (χ0n) is 11.9. The molecule has 19 heavy (non-hydrogen) atoms. The van der Waals surface area contributed by atoms with Crippen molar-refractivity contribution in [1.82, 2.24) is 20.2 Å². The monoisotopic (exact) mass is 264 g/mol. The molecule has 0 bridgehead atoms. The predicted molar refractivity (Wildman–Crippen MR) is 74.7 cm³/mol. The number of hydrogen-bond acceptors (Lipinski definition) is 3. The van der Waals surface area contributed by atoms with Crippen LogP contribution in [0.15, 0.2) is 12.4 Å². The lowest BCUT2D eigenvalue weighted by Gasteiger charge is -2.29. The summed E-state index contributed by atoms with van der Waals surface area (Å²) in [6.07, 6.45) is 8.03. The van der Waals surface area contributed by atoms with E-state index in [-0.39, 0.29) is 11.9 Å². The van der Waals surface area contributed by atoms with E-state index in [1.165, 1.54) is 0 Å². The Kier molecular flexibility index (Phi) is 4.96. The lowest BCUT2D eigenvalue weighted by Crippen LogP contribution is -2.48. The van der Waals surface area contributed by atoms with Crippen LogP contribution in [0.4, 0.5) is 0 Å². The van der Waals surface area contributed by atoms with Gasteiger partial charge < -0.3 is 15.2 Å². The summed E-state index contributed by atoms with van der Waals surface area (Å²) in [5, 5.41) is 6.20. The van der Waals surface area contributed by atoms with Crippen LogP contribution in [-0.4, -0.2) is 34.6 Å². The molecule has 1 aliphatic heterocycles. The predicted octanol–water partition coefficient (Wildman–Crippen LogP) is 0.857. The Morgan fingerprint density at radius 1 is 1.63 bits per heavy atom. The molecule has 1 fully saturated rings. The summed E-state index contributed by atoms with van der Waals surface area (Å²) in [4.78, 5) is 16.2. The number of rotatable bonds is 5. The Labute approximate surface area is 114 Å². The standard InChI is InChI=1S/C14H24N4O/c1-3-15-14(19)12-10-11(6-7-16-12)4-5-13-17-8-9-18(13)2/h8-9,11-12,16H,3-7,10H2,1-2H3,(H,15,19). The van der Waals surface area contributed by atoms with Gasteiger partial charge in [-0.3, -0.25) is 4.79 Å². The smallest absolute Gasteiger partial charge is 0.237 e. The molecule has 2 N–H and O–H groups in total. The molecule has 0 radical (unpaired) electrons. The highest BCUT2D eigenvalue weighted by atomic mass is 16.2. The first-order chi connectivity index (χ1) is 9.20. The Bertz CT molecular complexity index is 415. The molecule has 1 saturated heterocycles. The third-order valence-electron chi connectivity index (χ3n) is 3.88. The molecule has 2 atom stereocenters. The van der Waals surface area contributed by atoms with Crippen LogP contribution in [0.1, 0.15) is 32.0 Å². The van der Waals surface area contributed by atoms with Crippen LogP contribution in [0.5, 0.6) is 0 Å². The molecule has 1 aromatic heterocycles. The van der Waals surface area contributed by atoms with Gasteiger partial charge in [0.25, 0.3) is 0 Å². The van der Waals surface area contributed by atoms with Crippen LogP contribution in [-0.2, 0) is 18.3 Å². The molecule has 106 valence electrons. The second-order valence-corrected chi connectivity index (χ2v) is 5.28. The highest BCUT2D eigenvalue weighted by Gasteiger charge is 2.26. The molecule has 0 spiro atoms. The van der Waals surface area contributed by atoms with Crippen molar-refractivity contribution in [2.45, 2.75) is 38.6 Å². The number of aryl methyl sites for hydroxylation is 2. The van der Waals surface area contributed by atoms with E-state index >= 15 is 0 Å². The summed E-state index contributed by atoms with van der Waals surface area (Å²) in [5.74, 6) is 1.89. The minimum atomic E-state index is -0.0138. The molecule has 1 aliphatic rings. The summed E-state index contributed by atoms with van der Waals surface area (Å²) < 4.78 is 2.07. The average Bonchev–Trinajstić information content (AvgIpc) is 2.82. The maximum absolute atomic E-state index is 11.8. The fraction of sp³-hybridized carbons (Fsp3) is 0.714. The van der Waals surface area contributed by atoms with Gasteiger partial charge in [0, 0.05) is 32.4 Å². The normalized spacial score (nSPS) is 23.3. The first-order valence-corrected chi connectivity index (χ1v) is 7.18. The number of aromatic nitrogens is 2. The van der Waals surface area contributed by atoms with Crippen LogP contribution in [0.3, 0.4) is 0 Å². The van der Waals surface area contributed by atoms with Gasteiger partial charge in [-0.25, -0.2) is 4.98 Å². The zero-order chi connectivity index (χ0) is 13.7. The fourth-order valence-corrected chi connectivity index (χ4v) is 2.73. The molecule has 5 nitrogen and oxygen atoms in total. The number of piperidine rings is 1. The molecule has 0 saturated carbocycles. The van der Waals surface area contributed by atoms with Gasteiger partial charge in [0.15, 0.2) is 0 Å². The van der Waals surface area contributed by atoms with Crippen molar-refractivity contribution < 1.29 is 4.79 Å². The number of carbonyl (C=O) groups excluding carboxylic acids is 1. The van der Waals surface area contributed by atoms with Crippen molar-refractivity contribution in [1.29, 1.82) is 0 Å². The Morgan fingerprint density at radius 3 is 3.16 bits per heavy atom. The first kappa shape index (κ1) is 14.1. The van der Waals surface area contributed by atoms with E-state index in [9.17, 15) is 4.79 Å².